The number of aliphatic carboxylic acids is 1. The summed E-state index contributed by atoms with van der Waals surface area (Å²) in [6.07, 6.45) is -0.551. The van der Waals surface area contributed by atoms with E-state index in [1.165, 1.54) is 0 Å². The predicted molar refractivity (Wildman–Crippen MR) is 61.9 cm³/mol. The summed E-state index contributed by atoms with van der Waals surface area (Å²) >= 11 is 0. The molecule has 0 unspecified atom stereocenters. The summed E-state index contributed by atoms with van der Waals surface area (Å²) in [4.78, 5) is 21.7. The minimum absolute atomic E-state index is 0.176. The predicted octanol–water partition coefficient (Wildman–Crippen LogP) is 1.39. The molecule has 0 aromatic rings. The van der Waals surface area contributed by atoms with E-state index in [9.17, 15) is 9.59 Å². The summed E-state index contributed by atoms with van der Waals surface area (Å²) in [6, 6.07) is 0. The molecule has 0 atom stereocenters. The maximum Gasteiger partial charge on any atom is 0.407 e. The van der Waals surface area contributed by atoms with Crippen molar-refractivity contribution in [1.82, 2.24) is 5.32 Å². The van der Waals surface area contributed by atoms with Gasteiger partial charge in [-0.25, -0.2) is 9.59 Å². The molecule has 0 aliphatic rings. The minimum Gasteiger partial charge on any atom is -0.480 e. The van der Waals surface area contributed by atoms with Crippen LogP contribution in [0.4, 0.5) is 4.79 Å². The number of ether oxygens (including phenoxy) is 2. The summed E-state index contributed by atoms with van der Waals surface area (Å²) in [5.74, 6) is -1.05. The Balaban J connectivity index is 4.00. The van der Waals surface area contributed by atoms with Gasteiger partial charge in [0.05, 0.1) is 5.60 Å². The zero-order chi connectivity index (χ0) is 13.7. The molecule has 0 aromatic carbocycles. The monoisotopic (exact) mass is 247 g/mol. The quantitative estimate of drug-likeness (QED) is 0.766. The number of nitrogens with one attached hydrogen (secondary N) is 1. The van der Waals surface area contributed by atoms with E-state index in [1.54, 1.807) is 34.6 Å². The standard InChI is InChI=1S/C11H21NO5/c1-10(2,3)17-9(15)12-7-11(4,5)16-6-8(13)14/h6-7H2,1-5H3,(H,12,15)(H,13,14). The Kier molecular flexibility index (Phi) is 5.41. The van der Waals surface area contributed by atoms with Gasteiger partial charge in [-0.1, -0.05) is 0 Å². The average Bonchev–Trinajstić information content (AvgIpc) is 2.09. The number of amides is 1. The van der Waals surface area contributed by atoms with Crippen LogP contribution in [0.5, 0.6) is 0 Å². The highest BCUT2D eigenvalue weighted by molar-refractivity contribution is 5.68. The third kappa shape index (κ3) is 9.62. The Morgan fingerprint density at radius 1 is 1.18 bits per heavy atom. The van der Waals surface area contributed by atoms with E-state index in [2.05, 4.69) is 5.32 Å². The zero-order valence-corrected chi connectivity index (χ0v) is 11.0. The van der Waals surface area contributed by atoms with E-state index in [-0.39, 0.29) is 6.54 Å². The second-order valence-corrected chi connectivity index (χ2v) is 5.30. The van der Waals surface area contributed by atoms with Crippen LogP contribution in [0, 0.1) is 0 Å². The Morgan fingerprint density at radius 2 is 1.71 bits per heavy atom. The topological polar surface area (TPSA) is 84.9 Å². The molecule has 6 nitrogen and oxygen atoms in total. The van der Waals surface area contributed by atoms with Gasteiger partial charge in [-0.2, -0.15) is 0 Å². The van der Waals surface area contributed by atoms with Crippen molar-refractivity contribution in [2.45, 2.75) is 45.8 Å². The molecule has 0 radical (unpaired) electrons. The number of hydrogen-bond acceptors (Lipinski definition) is 4. The van der Waals surface area contributed by atoms with Crippen molar-refractivity contribution in [2.24, 2.45) is 0 Å². The van der Waals surface area contributed by atoms with Gasteiger partial charge < -0.3 is 19.9 Å². The molecule has 0 aliphatic carbocycles. The molecule has 17 heavy (non-hydrogen) atoms. The van der Waals surface area contributed by atoms with E-state index < -0.39 is 29.9 Å². The molecule has 0 aliphatic heterocycles. The molecular weight excluding hydrogens is 226 g/mol. The van der Waals surface area contributed by atoms with E-state index >= 15 is 0 Å². The van der Waals surface area contributed by atoms with Crippen LogP contribution >= 0.6 is 0 Å². The highest BCUT2D eigenvalue weighted by atomic mass is 16.6. The van der Waals surface area contributed by atoms with E-state index in [4.69, 9.17) is 14.6 Å². The molecule has 6 heteroatoms. The summed E-state index contributed by atoms with van der Waals surface area (Å²) in [5, 5.41) is 11.0. The van der Waals surface area contributed by atoms with E-state index in [0.717, 1.165) is 0 Å². The second kappa shape index (κ2) is 5.86. The molecule has 0 fully saturated rings. The van der Waals surface area contributed by atoms with Gasteiger partial charge in [0.25, 0.3) is 0 Å². The molecule has 1 amide bonds. The van der Waals surface area contributed by atoms with Crippen LogP contribution in [0.1, 0.15) is 34.6 Å². The van der Waals surface area contributed by atoms with Crippen molar-refractivity contribution in [3.05, 3.63) is 0 Å². The molecule has 0 spiro atoms. The van der Waals surface area contributed by atoms with Gasteiger partial charge in [0.1, 0.15) is 12.2 Å². The fourth-order valence-corrected chi connectivity index (χ4v) is 0.907. The van der Waals surface area contributed by atoms with Gasteiger partial charge in [0.15, 0.2) is 0 Å². The molecule has 0 saturated carbocycles. The van der Waals surface area contributed by atoms with Crippen molar-refractivity contribution >= 4 is 12.1 Å². The van der Waals surface area contributed by atoms with Crippen molar-refractivity contribution in [1.29, 1.82) is 0 Å². The Morgan fingerprint density at radius 3 is 2.12 bits per heavy atom. The Labute approximate surface area is 101 Å². The number of rotatable bonds is 5. The number of alkyl carbamates (subject to hydrolysis) is 1. The average molecular weight is 247 g/mol. The number of hydrogen-bond donors (Lipinski definition) is 2. The van der Waals surface area contributed by atoms with Gasteiger partial charge >= 0.3 is 12.1 Å². The van der Waals surface area contributed by atoms with Gasteiger partial charge in [-0.3, -0.25) is 0 Å². The molecular formula is C11H21NO5. The van der Waals surface area contributed by atoms with Crippen LogP contribution in [-0.2, 0) is 14.3 Å². The van der Waals surface area contributed by atoms with Gasteiger partial charge in [0, 0.05) is 6.54 Å². The summed E-state index contributed by atoms with van der Waals surface area (Å²) in [5.41, 5.74) is -1.31. The van der Waals surface area contributed by atoms with Gasteiger partial charge in [-0.15, -0.1) is 0 Å². The van der Waals surface area contributed by atoms with Crippen LogP contribution in [-0.4, -0.2) is 41.5 Å². The first kappa shape index (κ1) is 15.7. The molecule has 0 saturated heterocycles. The molecule has 0 bridgehead atoms. The summed E-state index contributed by atoms with van der Waals surface area (Å²) in [7, 11) is 0. The highest BCUT2D eigenvalue weighted by Gasteiger charge is 2.23. The molecule has 2 N–H and O–H groups in total. The number of carboxylic acid groups (broad SMARTS) is 1. The lowest BCUT2D eigenvalue weighted by Gasteiger charge is -2.26. The SMILES string of the molecule is CC(C)(C)OC(=O)NCC(C)(C)OCC(=O)O. The fraction of sp³-hybridized carbons (Fsp3) is 0.818. The van der Waals surface area contributed by atoms with E-state index in [0.29, 0.717) is 0 Å². The zero-order valence-electron chi connectivity index (χ0n) is 11.0. The first-order chi connectivity index (χ1) is 7.52. The molecule has 0 heterocycles. The summed E-state index contributed by atoms with van der Waals surface area (Å²) in [6.45, 7) is 8.44. The lowest BCUT2D eigenvalue weighted by atomic mass is 10.1. The Bertz CT molecular complexity index is 280. The lowest BCUT2D eigenvalue weighted by Crippen LogP contribution is -2.43. The van der Waals surface area contributed by atoms with Gasteiger partial charge in [0.2, 0.25) is 0 Å². The smallest absolute Gasteiger partial charge is 0.407 e. The van der Waals surface area contributed by atoms with Crippen LogP contribution in [0.2, 0.25) is 0 Å². The maximum absolute atomic E-state index is 11.3. The fourth-order valence-electron chi connectivity index (χ4n) is 0.907. The first-order valence-electron chi connectivity index (χ1n) is 5.34. The van der Waals surface area contributed by atoms with Crippen molar-refractivity contribution < 1.29 is 24.2 Å². The van der Waals surface area contributed by atoms with E-state index in [1.807, 2.05) is 0 Å². The number of carboxylic acids is 1. The third-order valence-electron chi connectivity index (χ3n) is 1.64. The molecule has 100 valence electrons. The normalized spacial score (nSPS) is 12.1. The summed E-state index contributed by atoms with van der Waals surface area (Å²) < 4.78 is 10.1. The van der Waals surface area contributed by atoms with Crippen molar-refractivity contribution in [3.63, 3.8) is 0 Å². The Hall–Kier alpha value is -1.30. The van der Waals surface area contributed by atoms with Crippen molar-refractivity contribution in [2.75, 3.05) is 13.2 Å². The van der Waals surface area contributed by atoms with Crippen LogP contribution in [0.15, 0.2) is 0 Å². The van der Waals surface area contributed by atoms with Crippen molar-refractivity contribution in [3.8, 4) is 0 Å². The van der Waals surface area contributed by atoms with Crippen LogP contribution < -0.4 is 5.32 Å². The molecule has 0 aromatic heterocycles. The van der Waals surface area contributed by atoms with Crippen LogP contribution in [0.3, 0.4) is 0 Å². The first-order valence-corrected chi connectivity index (χ1v) is 5.34. The number of carbonyl (C=O) groups excluding carboxylic acids is 1. The molecule has 0 rings (SSSR count). The second-order valence-electron chi connectivity index (χ2n) is 5.30. The van der Waals surface area contributed by atoms with Gasteiger partial charge in [-0.05, 0) is 34.6 Å². The number of carbonyl (C=O) groups is 2. The van der Waals surface area contributed by atoms with Crippen LogP contribution in [0.25, 0.3) is 0 Å². The minimum atomic E-state index is -1.05. The largest absolute Gasteiger partial charge is 0.480 e. The third-order valence-corrected chi connectivity index (χ3v) is 1.64. The maximum atomic E-state index is 11.3. The highest BCUT2D eigenvalue weighted by Crippen LogP contribution is 2.09. The lowest BCUT2D eigenvalue weighted by molar-refractivity contribution is -0.147.